The van der Waals surface area contributed by atoms with Crippen molar-refractivity contribution in [3.8, 4) is 0 Å². The Hall–Kier alpha value is -3.03. The van der Waals surface area contributed by atoms with E-state index in [0.717, 1.165) is 35.6 Å². The van der Waals surface area contributed by atoms with Crippen LogP contribution in [0.25, 0.3) is 0 Å². The molecule has 7 nitrogen and oxygen atoms in total. The average Bonchev–Trinajstić information content (AvgIpc) is 2.87. The van der Waals surface area contributed by atoms with E-state index in [1.54, 1.807) is 26.8 Å². The standard InChI is InChI=1S/C33H48O7/c1-8-27(12-13-29-17-24(5)19-31(37)40-29)15-21(2)10-9-11-22(3)16-28(20-34)33(39)26(7)32(38)25(6)14-23(4)18-30(35)36/h9,11-13,15-16,18-19,21,25-26,28-29,32,34,38H,8,10,14,17,20H2,1-7H3,(H,35,36)/b11-9+,13-12+,22-16+,23-18+,27-15-/t21-,25+,26+,28+,29+,32-/m1/s1. The second-order valence-corrected chi connectivity index (χ2v) is 11.1. The van der Waals surface area contributed by atoms with Crippen LogP contribution < -0.4 is 0 Å². The maximum Gasteiger partial charge on any atom is 0.331 e. The highest BCUT2D eigenvalue weighted by Crippen LogP contribution is 2.24. The Balaban J connectivity index is 2.75. The molecule has 0 fully saturated rings. The molecule has 0 saturated heterocycles. The number of carbonyl (C=O) groups is 3. The molecule has 0 aromatic rings. The van der Waals surface area contributed by atoms with Crippen molar-refractivity contribution in [2.75, 3.05) is 6.61 Å². The van der Waals surface area contributed by atoms with Crippen molar-refractivity contribution >= 4 is 17.7 Å². The number of rotatable bonds is 16. The van der Waals surface area contributed by atoms with E-state index in [4.69, 9.17) is 9.84 Å². The molecule has 3 N–H and O–H groups in total. The predicted molar refractivity (Wildman–Crippen MR) is 158 cm³/mol. The predicted octanol–water partition coefficient (Wildman–Crippen LogP) is 5.90. The van der Waals surface area contributed by atoms with Gasteiger partial charge in [-0.15, -0.1) is 0 Å². The Kier molecular flexibility index (Phi) is 15.4. The Morgan fingerprint density at radius 2 is 1.82 bits per heavy atom. The molecule has 0 aromatic heterocycles. The fourth-order valence-corrected chi connectivity index (χ4v) is 4.83. The second kappa shape index (κ2) is 17.6. The third kappa shape index (κ3) is 12.9. The third-order valence-corrected chi connectivity index (χ3v) is 7.06. The van der Waals surface area contributed by atoms with Crippen LogP contribution in [0.3, 0.4) is 0 Å². The summed E-state index contributed by atoms with van der Waals surface area (Å²) in [5.41, 5.74) is 3.64. The van der Waals surface area contributed by atoms with Gasteiger partial charge in [0.15, 0.2) is 0 Å². The van der Waals surface area contributed by atoms with Crippen molar-refractivity contribution in [2.45, 2.75) is 86.4 Å². The fraction of sp³-hybridized carbons (Fsp3) is 0.545. The molecule has 1 aliphatic heterocycles. The number of carbonyl (C=O) groups excluding carboxylic acids is 2. The van der Waals surface area contributed by atoms with Crippen LogP contribution >= 0.6 is 0 Å². The summed E-state index contributed by atoms with van der Waals surface area (Å²) in [6.45, 7) is 12.8. The summed E-state index contributed by atoms with van der Waals surface area (Å²) >= 11 is 0. The van der Waals surface area contributed by atoms with Crippen LogP contribution in [0.4, 0.5) is 0 Å². The summed E-state index contributed by atoms with van der Waals surface area (Å²) in [5, 5.41) is 29.5. The zero-order chi connectivity index (χ0) is 30.4. The molecule has 1 rings (SSSR count). The molecule has 222 valence electrons. The monoisotopic (exact) mass is 556 g/mol. The number of cyclic esters (lactones) is 1. The molecule has 0 aliphatic carbocycles. The molecular weight excluding hydrogens is 508 g/mol. The number of allylic oxidation sites excluding steroid dienone is 7. The van der Waals surface area contributed by atoms with Gasteiger partial charge >= 0.3 is 11.9 Å². The molecular formula is C33H48O7. The van der Waals surface area contributed by atoms with Crippen molar-refractivity contribution in [1.82, 2.24) is 0 Å². The Labute approximate surface area is 239 Å². The van der Waals surface area contributed by atoms with Gasteiger partial charge in [-0.3, -0.25) is 4.79 Å². The Bertz CT molecular complexity index is 1060. The summed E-state index contributed by atoms with van der Waals surface area (Å²) in [5.74, 6) is -3.08. The van der Waals surface area contributed by atoms with Gasteiger partial charge in [-0.2, -0.15) is 0 Å². The van der Waals surface area contributed by atoms with E-state index in [1.807, 2.05) is 38.2 Å². The summed E-state index contributed by atoms with van der Waals surface area (Å²) < 4.78 is 5.35. The largest absolute Gasteiger partial charge is 0.478 e. The van der Waals surface area contributed by atoms with Gasteiger partial charge in [0, 0.05) is 24.5 Å². The van der Waals surface area contributed by atoms with Gasteiger partial charge in [-0.25, -0.2) is 9.59 Å². The molecule has 0 bridgehead atoms. The maximum atomic E-state index is 13.0. The first kappa shape index (κ1) is 35.0. The maximum absolute atomic E-state index is 13.0. The zero-order valence-electron chi connectivity index (χ0n) is 25.1. The van der Waals surface area contributed by atoms with Gasteiger partial charge in [0.2, 0.25) is 0 Å². The van der Waals surface area contributed by atoms with Crippen LogP contribution in [0, 0.1) is 23.7 Å². The number of carboxylic acid groups (broad SMARTS) is 1. The summed E-state index contributed by atoms with van der Waals surface area (Å²) in [7, 11) is 0. The number of aliphatic carboxylic acids is 1. The highest BCUT2D eigenvalue weighted by Gasteiger charge is 2.30. The van der Waals surface area contributed by atoms with Crippen LogP contribution in [0.1, 0.15) is 74.1 Å². The Morgan fingerprint density at radius 3 is 2.40 bits per heavy atom. The van der Waals surface area contributed by atoms with E-state index < -0.39 is 23.9 Å². The molecule has 0 unspecified atom stereocenters. The normalized spacial score (nSPS) is 21.1. The van der Waals surface area contributed by atoms with Gasteiger partial charge in [-0.05, 0) is 57.9 Å². The van der Waals surface area contributed by atoms with E-state index in [0.29, 0.717) is 18.4 Å². The molecule has 6 atom stereocenters. The number of hydrogen-bond acceptors (Lipinski definition) is 6. The first-order valence-electron chi connectivity index (χ1n) is 14.1. The minimum atomic E-state index is -1.04. The number of esters is 1. The SMILES string of the molecule is CCC(=C/[C@H](C)C/C=C/C(C)=C/[C@@H](CO)C(=O)[C@@H](C)[C@H](O)[C@@H](C)C/C(C)=C/C(=O)O)/C=C/[C@H]1CC(C)=CC(=O)O1. The molecule has 0 aromatic carbocycles. The van der Waals surface area contributed by atoms with E-state index in [1.165, 1.54) is 6.08 Å². The quantitative estimate of drug-likeness (QED) is 0.123. The number of ether oxygens (including phenoxy) is 1. The molecule has 0 saturated carbocycles. The molecule has 7 heteroatoms. The number of ketones is 1. The van der Waals surface area contributed by atoms with E-state index in [2.05, 4.69) is 19.9 Å². The number of carboxylic acids is 1. The van der Waals surface area contributed by atoms with Crippen molar-refractivity contribution < 1.29 is 34.4 Å². The topological polar surface area (TPSA) is 121 Å². The highest BCUT2D eigenvalue weighted by molar-refractivity contribution is 5.85. The molecule has 0 radical (unpaired) electrons. The van der Waals surface area contributed by atoms with Gasteiger partial charge < -0.3 is 20.1 Å². The van der Waals surface area contributed by atoms with Crippen LogP contribution in [-0.2, 0) is 19.1 Å². The minimum absolute atomic E-state index is 0.234. The van der Waals surface area contributed by atoms with E-state index in [-0.39, 0.29) is 36.3 Å². The lowest BCUT2D eigenvalue weighted by Gasteiger charge is -2.26. The number of Topliss-reactive ketones (excluding diaryl/α,β-unsaturated/α-hetero) is 1. The zero-order valence-corrected chi connectivity index (χ0v) is 25.1. The van der Waals surface area contributed by atoms with Crippen molar-refractivity contribution in [2.24, 2.45) is 23.7 Å². The lowest BCUT2D eigenvalue weighted by atomic mass is 9.82. The lowest BCUT2D eigenvalue weighted by molar-refractivity contribution is -0.142. The second-order valence-electron chi connectivity index (χ2n) is 11.1. The van der Waals surface area contributed by atoms with Crippen molar-refractivity contribution in [1.29, 1.82) is 0 Å². The summed E-state index contributed by atoms with van der Waals surface area (Å²) in [4.78, 5) is 35.5. The summed E-state index contributed by atoms with van der Waals surface area (Å²) in [6.07, 6.45) is 16.0. The van der Waals surface area contributed by atoms with Gasteiger partial charge in [0.1, 0.15) is 11.9 Å². The first-order chi connectivity index (χ1) is 18.8. The molecule has 1 heterocycles. The molecule has 40 heavy (non-hydrogen) atoms. The number of aliphatic hydroxyl groups is 2. The number of hydrogen-bond donors (Lipinski definition) is 3. The van der Waals surface area contributed by atoms with E-state index in [9.17, 15) is 24.6 Å². The molecule has 1 aliphatic rings. The lowest BCUT2D eigenvalue weighted by Crippen LogP contribution is -2.35. The number of aliphatic hydroxyl groups excluding tert-OH is 2. The third-order valence-electron chi connectivity index (χ3n) is 7.06. The average molecular weight is 557 g/mol. The van der Waals surface area contributed by atoms with Crippen molar-refractivity contribution in [3.63, 3.8) is 0 Å². The van der Waals surface area contributed by atoms with Crippen LogP contribution in [0.2, 0.25) is 0 Å². The molecule has 0 spiro atoms. The van der Waals surface area contributed by atoms with Crippen LogP contribution in [0.15, 0.2) is 70.9 Å². The van der Waals surface area contributed by atoms with Crippen molar-refractivity contribution in [3.05, 3.63) is 70.9 Å². The molecule has 0 amide bonds. The van der Waals surface area contributed by atoms with Crippen LogP contribution in [0.5, 0.6) is 0 Å². The highest BCUT2D eigenvalue weighted by atomic mass is 16.5. The summed E-state index contributed by atoms with van der Waals surface area (Å²) in [6, 6.07) is 0. The van der Waals surface area contributed by atoms with Gasteiger partial charge in [0.25, 0.3) is 0 Å². The smallest absolute Gasteiger partial charge is 0.331 e. The van der Waals surface area contributed by atoms with Gasteiger partial charge in [-0.1, -0.05) is 80.4 Å². The Morgan fingerprint density at radius 1 is 1.15 bits per heavy atom. The minimum Gasteiger partial charge on any atom is -0.478 e. The van der Waals surface area contributed by atoms with Crippen LogP contribution in [-0.4, -0.2) is 51.9 Å². The fourth-order valence-electron chi connectivity index (χ4n) is 4.83. The first-order valence-corrected chi connectivity index (χ1v) is 14.1. The van der Waals surface area contributed by atoms with E-state index >= 15 is 0 Å². The van der Waals surface area contributed by atoms with Gasteiger partial charge in [0.05, 0.1) is 18.6 Å².